The van der Waals surface area contributed by atoms with Crippen LogP contribution in [0.25, 0.3) is 0 Å². The summed E-state index contributed by atoms with van der Waals surface area (Å²) >= 11 is 0. The maximum atomic E-state index is 13.4. The highest BCUT2D eigenvalue weighted by Crippen LogP contribution is 2.22. The third-order valence-electron chi connectivity index (χ3n) is 7.12. The molecule has 1 aliphatic heterocycles. The van der Waals surface area contributed by atoms with Crippen molar-refractivity contribution in [3.8, 4) is 5.75 Å². The Balaban J connectivity index is 2.16. The van der Waals surface area contributed by atoms with E-state index in [0.717, 1.165) is 5.56 Å². The van der Waals surface area contributed by atoms with Crippen molar-refractivity contribution in [1.29, 1.82) is 0 Å². The summed E-state index contributed by atoms with van der Waals surface area (Å²) in [6.45, 7) is 7.78. The van der Waals surface area contributed by atoms with Gasteiger partial charge in [0, 0.05) is 6.54 Å². The van der Waals surface area contributed by atoms with Crippen molar-refractivity contribution in [2.45, 2.75) is 84.0 Å². The molecule has 6 unspecified atom stereocenters. The third-order valence-corrected chi connectivity index (χ3v) is 7.12. The number of carbonyl (C=O) groups is 4. The van der Waals surface area contributed by atoms with Crippen LogP contribution in [0.2, 0.25) is 0 Å². The molecule has 3 amide bonds. The normalized spacial score (nSPS) is 19.6. The van der Waals surface area contributed by atoms with Crippen LogP contribution in [0.5, 0.6) is 5.75 Å². The molecule has 0 radical (unpaired) electrons. The van der Waals surface area contributed by atoms with E-state index >= 15 is 0 Å². The first-order valence-electron chi connectivity index (χ1n) is 12.7. The average Bonchev–Trinajstić information content (AvgIpc) is 3.36. The monoisotopic (exact) mass is 504 g/mol. The predicted octanol–water partition coefficient (Wildman–Crippen LogP) is 1.40. The average molecular weight is 505 g/mol. The first-order chi connectivity index (χ1) is 17.0. The van der Waals surface area contributed by atoms with Crippen LogP contribution in [0.4, 0.5) is 0 Å². The maximum absolute atomic E-state index is 13.4. The Morgan fingerprint density at radius 3 is 2.11 bits per heavy atom. The molecular weight excluding hydrogens is 464 g/mol. The number of carboxylic acid groups (broad SMARTS) is 1. The SMILES string of the molecule is CCC(C)C(NC(=O)C(N)Cc1ccc(O)cc1)C(=O)NC(C(=O)N1CCCC1C(=O)O)C(C)CC. The third kappa shape index (κ3) is 7.43. The second-order valence-electron chi connectivity index (χ2n) is 9.75. The molecule has 10 heteroatoms. The maximum Gasteiger partial charge on any atom is 0.326 e. The minimum absolute atomic E-state index is 0.110. The van der Waals surface area contributed by atoms with Crippen LogP contribution in [0.15, 0.2) is 24.3 Å². The number of nitrogens with two attached hydrogens (primary N) is 1. The van der Waals surface area contributed by atoms with Crippen molar-refractivity contribution >= 4 is 23.7 Å². The van der Waals surface area contributed by atoms with Crippen LogP contribution in [-0.2, 0) is 25.6 Å². The van der Waals surface area contributed by atoms with Gasteiger partial charge >= 0.3 is 5.97 Å². The molecule has 1 heterocycles. The lowest BCUT2D eigenvalue weighted by Crippen LogP contribution is -2.60. The van der Waals surface area contributed by atoms with Gasteiger partial charge in [0.25, 0.3) is 0 Å². The van der Waals surface area contributed by atoms with E-state index in [1.165, 1.54) is 17.0 Å². The molecule has 0 bridgehead atoms. The zero-order valence-electron chi connectivity index (χ0n) is 21.6. The number of carbonyl (C=O) groups excluding carboxylic acids is 3. The number of aliphatic carboxylic acids is 1. The number of likely N-dealkylation sites (tertiary alicyclic amines) is 1. The summed E-state index contributed by atoms with van der Waals surface area (Å²) in [5.41, 5.74) is 6.87. The molecule has 1 aromatic carbocycles. The Kier molecular flexibility index (Phi) is 10.7. The molecule has 2 rings (SSSR count). The zero-order chi connectivity index (χ0) is 27.0. The number of phenolic OH excluding ortho intramolecular Hbond substituents is 1. The van der Waals surface area contributed by atoms with E-state index < -0.39 is 47.9 Å². The summed E-state index contributed by atoms with van der Waals surface area (Å²) in [5, 5.41) is 24.5. The lowest BCUT2D eigenvalue weighted by Gasteiger charge is -2.32. The summed E-state index contributed by atoms with van der Waals surface area (Å²) in [7, 11) is 0. The number of nitrogens with zero attached hydrogens (tertiary/aromatic N) is 1. The quantitative estimate of drug-likeness (QED) is 0.287. The Hall–Kier alpha value is -3.14. The molecule has 1 aliphatic rings. The van der Waals surface area contributed by atoms with Crippen LogP contribution in [0.3, 0.4) is 0 Å². The van der Waals surface area contributed by atoms with Crippen molar-refractivity contribution in [3.05, 3.63) is 29.8 Å². The Bertz CT molecular complexity index is 922. The smallest absolute Gasteiger partial charge is 0.326 e. The van der Waals surface area contributed by atoms with Crippen LogP contribution in [-0.4, -0.2) is 69.5 Å². The van der Waals surface area contributed by atoms with Gasteiger partial charge in [-0.1, -0.05) is 52.7 Å². The topological polar surface area (TPSA) is 162 Å². The summed E-state index contributed by atoms with van der Waals surface area (Å²) in [4.78, 5) is 52.6. The van der Waals surface area contributed by atoms with Gasteiger partial charge < -0.3 is 31.5 Å². The number of nitrogens with one attached hydrogen (secondary N) is 2. The summed E-state index contributed by atoms with van der Waals surface area (Å²) in [6.07, 6.45) is 2.39. The molecule has 0 spiro atoms. The first kappa shape index (κ1) is 29.1. The molecule has 0 saturated carbocycles. The number of benzene rings is 1. The molecule has 1 saturated heterocycles. The van der Waals surface area contributed by atoms with Gasteiger partial charge in [0.1, 0.15) is 23.9 Å². The van der Waals surface area contributed by atoms with Crippen LogP contribution < -0.4 is 16.4 Å². The first-order valence-corrected chi connectivity index (χ1v) is 12.7. The predicted molar refractivity (Wildman–Crippen MR) is 135 cm³/mol. The number of phenols is 1. The number of aromatic hydroxyl groups is 1. The zero-order valence-corrected chi connectivity index (χ0v) is 21.6. The molecule has 10 nitrogen and oxygen atoms in total. The highest BCUT2D eigenvalue weighted by molar-refractivity contribution is 5.94. The lowest BCUT2D eigenvalue weighted by molar-refractivity contribution is -0.150. The second-order valence-corrected chi connectivity index (χ2v) is 9.75. The molecule has 6 N–H and O–H groups in total. The molecular formula is C26H40N4O6. The summed E-state index contributed by atoms with van der Waals surface area (Å²) in [5.74, 6) is -2.83. The lowest BCUT2D eigenvalue weighted by atomic mass is 9.94. The van der Waals surface area contributed by atoms with E-state index in [1.807, 2.05) is 27.7 Å². The Labute approximate surface area is 212 Å². The van der Waals surface area contributed by atoms with Crippen molar-refractivity contribution in [2.24, 2.45) is 17.6 Å². The molecule has 1 aromatic rings. The van der Waals surface area contributed by atoms with E-state index in [9.17, 15) is 29.4 Å². The van der Waals surface area contributed by atoms with Gasteiger partial charge in [-0.2, -0.15) is 0 Å². The number of rotatable bonds is 12. The summed E-state index contributed by atoms with van der Waals surface area (Å²) in [6, 6.07) is 2.73. The number of amides is 3. The van der Waals surface area contributed by atoms with Crippen molar-refractivity contribution in [2.75, 3.05) is 6.54 Å². The number of hydrogen-bond acceptors (Lipinski definition) is 6. The number of carboxylic acids is 1. The fourth-order valence-electron chi connectivity index (χ4n) is 4.33. The molecule has 36 heavy (non-hydrogen) atoms. The summed E-state index contributed by atoms with van der Waals surface area (Å²) < 4.78 is 0. The van der Waals surface area contributed by atoms with Crippen molar-refractivity contribution < 1.29 is 29.4 Å². The molecule has 6 atom stereocenters. The second kappa shape index (κ2) is 13.2. The minimum Gasteiger partial charge on any atom is -0.508 e. The van der Waals surface area contributed by atoms with Crippen LogP contribution in [0, 0.1) is 11.8 Å². The fraction of sp³-hybridized carbons (Fsp3) is 0.615. The van der Waals surface area contributed by atoms with E-state index in [1.54, 1.807) is 12.1 Å². The molecule has 0 aromatic heterocycles. The van der Waals surface area contributed by atoms with Gasteiger partial charge in [0.15, 0.2) is 0 Å². The van der Waals surface area contributed by atoms with Crippen molar-refractivity contribution in [1.82, 2.24) is 15.5 Å². The van der Waals surface area contributed by atoms with Gasteiger partial charge in [-0.3, -0.25) is 14.4 Å². The Morgan fingerprint density at radius 2 is 1.56 bits per heavy atom. The van der Waals surface area contributed by atoms with Gasteiger partial charge in [-0.05, 0) is 48.8 Å². The van der Waals surface area contributed by atoms with Gasteiger partial charge in [-0.15, -0.1) is 0 Å². The fourth-order valence-corrected chi connectivity index (χ4v) is 4.33. The van der Waals surface area contributed by atoms with E-state index in [0.29, 0.717) is 32.2 Å². The standard InChI is InChI=1S/C26H40N4O6/c1-5-15(3)21(28-23(32)19(27)14-17-9-11-18(31)12-10-17)24(33)29-22(16(4)6-2)25(34)30-13-7-8-20(30)26(35)36/h9-12,15-16,19-22,31H,5-8,13-14,27H2,1-4H3,(H,28,32)(H,29,33)(H,35,36). The Morgan fingerprint density at radius 1 is 1.00 bits per heavy atom. The van der Waals surface area contributed by atoms with Crippen LogP contribution in [0.1, 0.15) is 58.9 Å². The highest BCUT2D eigenvalue weighted by atomic mass is 16.4. The van der Waals surface area contributed by atoms with Gasteiger partial charge in [0.2, 0.25) is 17.7 Å². The largest absolute Gasteiger partial charge is 0.508 e. The van der Waals surface area contributed by atoms with Gasteiger partial charge in [0.05, 0.1) is 6.04 Å². The highest BCUT2D eigenvalue weighted by Gasteiger charge is 2.40. The van der Waals surface area contributed by atoms with E-state index in [4.69, 9.17) is 5.73 Å². The number of hydrogen-bond donors (Lipinski definition) is 5. The van der Waals surface area contributed by atoms with Crippen LogP contribution >= 0.6 is 0 Å². The van der Waals surface area contributed by atoms with E-state index in [2.05, 4.69) is 10.6 Å². The molecule has 1 fully saturated rings. The van der Waals surface area contributed by atoms with Gasteiger partial charge in [-0.25, -0.2) is 4.79 Å². The molecule has 200 valence electrons. The minimum atomic E-state index is -1.05. The van der Waals surface area contributed by atoms with Crippen molar-refractivity contribution in [3.63, 3.8) is 0 Å². The van der Waals surface area contributed by atoms with E-state index in [-0.39, 0.29) is 24.0 Å². The molecule has 0 aliphatic carbocycles.